The number of hydrogen-bond acceptors (Lipinski definition) is 7. The van der Waals surface area contributed by atoms with Crippen molar-refractivity contribution in [3.8, 4) is 0 Å². The number of aromatic nitrogens is 5. The number of halogens is 1. The van der Waals surface area contributed by atoms with Gasteiger partial charge in [0, 0.05) is 42.5 Å². The van der Waals surface area contributed by atoms with Gasteiger partial charge in [-0.15, -0.1) is 0 Å². The maximum absolute atomic E-state index is 14.4. The van der Waals surface area contributed by atoms with E-state index < -0.39 is 5.82 Å². The van der Waals surface area contributed by atoms with Crippen molar-refractivity contribution in [3.63, 3.8) is 0 Å². The van der Waals surface area contributed by atoms with Crippen molar-refractivity contribution in [2.24, 2.45) is 11.1 Å². The maximum atomic E-state index is 14.4. The summed E-state index contributed by atoms with van der Waals surface area (Å²) in [6.45, 7) is 5.38. The van der Waals surface area contributed by atoms with Crippen molar-refractivity contribution in [2.45, 2.75) is 25.3 Å². The summed E-state index contributed by atoms with van der Waals surface area (Å²) in [5.74, 6) is -0.0578. The molecule has 0 bridgehead atoms. The molecule has 10 heteroatoms. The molecule has 6 rings (SSSR count). The van der Waals surface area contributed by atoms with Gasteiger partial charge in [-0.1, -0.05) is 30.8 Å². The van der Waals surface area contributed by atoms with Crippen molar-refractivity contribution in [3.05, 3.63) is 81.7 Å². The molecule has 178 valence electrons. The second kappa shape index (κ2) is 7.74. The smallest absolute Gasteiger partial charge is 0.264 e. The summed E-state index contributed by atoms with van der Waals surface area (Å²) in [5, 5.41) is 7.23. The van der Waals surface area contributed by atoms with Gasteiger partial charge >= 0.3 is 0 Å². The summed E-state index contributed by atoms with van der Waals surface area (Å²) in [4.78, 5) is 26.6. The number of rotatable bonds is 3. The molecular formula is C25H25FN8O. The number of benzene rings is 1. The van der Waals surface area contributed by atoms with Gasteiger partial charge in [0.25, 0.3) is 5.56 Å². The number of anilines is 2. The molecule has 1 aliphatic carbocycles. The zero-order valence-electron chi connectivity index (χ0n) is 19.0. The van der Waals surface area contributed by atoms with Crippen LogP contribution < -0.4 is 21.9 Å². The van der Waals surface area contributed by atoms with E-state index in [9.17, 15) is 9.18 Å². The lowest BCUT2D eigenvalue weighted by molar-refractivity contribution is 0.187. The first-order chi connectivity index (χ1) is 16.9. The van der Waals surface area contributed by atoms with Crippen LogP contribution in [0.3, 0.4) is 0 Å². The molecule has 0 saturated carbocycles. The van der Waals surface area contributed by atoms with Crippen molar-refractivity contribution in [1.29, 1.82) is 0 Å². The van der Waals surface area contributed by atoms with Crippen LogP contribution in [0.4, 0.5) is 16.2 Å². The zero-order chi connectivity index (χ0) is 24.3. The lowest BCUT2D eigenvalue weighted by Crippen LogP contribution is -2.45. The van der Waals surface area contributed by atoms with E-state index in [0.717, 1.165) is 38.4 Å². The first-order valence-corrected chi connectivity index (χ1v) is 11.5. The van der Waals surface area contributed by atoms with E-state index in [0.29, 0.717) is 11.6 Å². The number of nitrogens with two attached hydrogens (primary N) is 2. The van der Waals surface area contributed by atoms with Crippen LogP contribution in [0, 0.1) is 11.2 Å². The molecule has 1 aliphatic heterocycles. The third-order valence-electron chi connectivity index (χ3n) is 7.55. The molecule has 1 aromatic carbocycles. The molecular weight excluding hydrogens is 447 g/mol. The normalized spacial score (nSPS) is 18.8. The van der Waals surface area contributed by atoms with Crippen molar-refractivity contribution in [1.82, 2.24) is 25.1 Å². The van der Waals surface area contributed by atoms with E-state index in [2.05, 4.69) is 54.8 Å². The van der Waals surface area contributed by atoms with Gasteiger partial charge in [-0.2, -0.15) is 10.1 Å². The molecule has 9 nitrogen and oxygen atoms in total. The Morgan fingerprint density at radius 1 is 1.26 bits per heavy atom. The van der Waals surface area contributed by atoms with E-state index in [1.807, 2.05) is 6.07 Å². The van der Waals surface area contributed by atoms with Gasteiger partial charge in [0.1, 0.15) is 22.7 Å². The minimum absolute atomic E-state index is 0.0136. The van der Waals surface area contributed by atoms with Crippen LogP contribution >= 0.6 is 0 Å². The number of piperidine rings is 1. The van der Waals surface area contributed by atoms with Crippen LogP contribution in [0.2, 0.25) is 0 Å². The fourth-order valence-corrected chi connectivity index (χ4v) is 5.56. The Hall–Kier alpha value is -4.05. The highest BCUT2D eigenvalue weighted by molar-refractivity contribution is 5.92. The third-order valence-corrected chi connectivity index (χ3v) is 7.55. The Morgan fingerprint density at radius 3 is 2.77 bits per heavy atom. The molecule has 1 fully saturated rings. The number of nitrogens with one attached hydrogen (secondary N) is 2. The molecule has 1 spiro atoms. The molecule has 0 amide bonds. The predicted octanol–water partition coefficient (Wildman–Crippen LogP) is 2.67. The molecule has 1 saturated heterocycles. The predicted molar refractivity (Wildman–Crippen MR) is 132 cm³/mol. The van der Waals surface area contributed by atoms with E-state index in [1.165, 1.54) is 17.3 Å². The standard InChI is InChI=1S/C25H25FN8O/c1-13(16-12-29-18(27)10-17(16)26)20-19-22(33-32-20)30-24(31-23(19)35)34-8-6-25(7-9-34)11-14-4-2-3-5-15(14)21(25)28/h2-5,10,12,21H,1,6-9,11,28H2,(H2,27,29)(H2,30,31,32,33,35)/t21-/m1/s1. The molecule has 0 radical (unpaired) electrons. The van der Waals surface area contributed by atoms with Gasteiger partial charge in [-0.25, -0.2) is 9.37 Å². The minimum atomic E-state index is -0.589. The Labute approximate surface area is 200 Å². The minimum Gasteiger partial charge on any atom is -0.384 e. The average Bonchev–Trinajstić information content (AvgIpc) is 3.39. The van der Waals surface area contributed by atoms with Crippen LogP contribution in [-0.2, 0) is 6.42 Å². The third kappa shape index (κ3) is 3.32. The van der Waals surface area contributed by atoms with Crippen LogP contribution in [0.15, 0.2) is 47.9 Å². The summed E-state index contributed by atoms with van der Waals surface area (Å²) >= 11 is 0. The highest BCUT2D eigenvalue weighted by atomic mass is 19.1. The number of aromatic amines is 2. The molecule has 1 atom stereocenters. The Kier molecular flexibility index (Phi) is 4.75. The SMILES string of the molecule is C=C(c1cnc(N)cc1F)c1n[nH]c2nc(N3CCC4(CC3)Cc3ccccc3[C@H]4N)[nH]c(=O)c12. The van der Waals surface area contributed by atoms with Crippen molar-refractivity contribution < 1.29 is 4.39 Å². The van der Waals surface area contributed by atoms with Gasteiger partial charge in [-0.3, -0.25) is 14.9 Å². The van der Waals surface area contributed by atoms with Gasteiger partial charge < -0.3 is 16.4 Å². The van der Waals surface area contributed by atoms with E-state index in [1.54, 1.807) is 0 Å². The first kappa shape index (κ1) is 21.5. The summed E-state index contributed by atoms with van der Waals surface area (Å²) in [7, 11) is 0. The Morgan fingerprint density at radius 2 is 2.03 bits per heavy atom. The topological polar surface area (TPSA) is 143 Å². The highest BCUT2D eigenvalue weighted by Crippen LogP contribution is 2.50. The molecule has 4 aromatic rings. The van der Waals surface area contributed by atoms with Gasteiger partial charge in [0.2, 0.25) is 5.95 Å². The molecule has 2 aliphatic rings. The number of nitrogen functional groups attached to an aromatic ring is 1. The van der Waals surface area contributed by atoms with Crippen molar-refractivity contribution in [2.75, 3.05) is 23.7 Å². The Balaban J connectivity index is 1.26. The molecule has 0 unspecified atom stereocenters. The second-order valence-corrected chi connectivity index (χ2v) is 9.46. The summed E-state index contributed by atoms with van der Waals surface area (Å²) < 4.78 is 14.4. The van der Waals surface area contributed by atoms with Gasteiger partial charge in [0.05, 0.1) is 0 Å². The molecule has 3 aromatic heterocycles. The highest BCUT2D eigenvalue weighted by Gasteiger charge is 2.46. The van der Waals surface area contributed by atoms with E-state index in [-0.39, 0.29) is 45.1 Å². The molecule has 4 heterocycles. The monoisotopic (exact) mass is 472 g/mol. The van der Waals surface area contributed by atoms with E-state index >= 15 is 0 Å². The summed E-state index contributed by atoms with van der Waals surface area (Å²) in [5.41, 5.74) is 15.3. The largest absolute Gasteiger partial charge is 0.384 e. The van der Waals surface area contributed by atoms with Gasteiger partial charge in [-0.05, 0) is 35.8 Å². The zero-order valence-corrected chi connectivity index (χ0v) is 19.0. The number of hydrogen-bond donors (Lipinski definition) is 4. The maximum Gasteiger partial charge on any atom is 0.264 e. The van der Waals surface area contributed by atoms with Gasteiger partial charge in [0.15, 0.2) is 5.65 Å². The number of pyridine rings is 1. The fourth-order valence-electron chi connectivity index (χ4n) is 5.56. The van der Waals surface area contributed by atoms with Crippen LogP contribution in [0.25, 0.3) is 16.6 Å². The Bertz CT molecular complexity index is 1530. The fraction of sp³-hybridized carbons (Fsp3) is 0.280. The number of H-pyrrole nitrogens is 2. The van der Waals surface area contributed by atoms with Crippen LogP contribution in [0.5, 0.6) is 0 Å². The average molecular weight is 473 g/mol. The van der Waals surface area contributed by atoms with E-state index in [4.69, 9.17) is 11.5 Å². The van der Waals surface area contributed by atoms with Crippen molar-refractivity contribution >= 4 is 28.4 Å². The summed E-state index contributed by atoms with van der Waals surface area (Å²) in [6, 6.07) is 9.52. The van der Waals surface area contributed by atoms with Crippen LogP contribution in [-0.4, -0.2) is 38.2 Å². The first-order valence-electron chi connectivity index (χ1n) is 11.5. The number of nitrogens with zero attached hydrogens (tertiary/aromatic N) is 4. The molecule has 6 N–H and O–H groups in total. The number of fused-ring (bicyclic) bond motifs is 2. The second-order valence-electron chi connectivity index (χ2n) is 9.46. The quantitative estimate of drug-likeness (QED) is 0.359. The lowest BCUT2D eigenvalue weighted by atomic mass is 9.73. The van der Waals surface area contributed by atoms with Crippen LogP contribution in [0.1, 0.15) is 41.3 Å². The molecule has 35 heavy (non-hydrogen) atoms. The summed E-state index contributed by atoms with van der Waals surface area (Å²) in [6.07, 6.45) is 4.06. The lowest BCUT2D eigenvalue weighted by Gasteiger charge is -2.42.